The summed E-state index contributed by atoms with van der Waals surface area (Å²) in [5.41, 5.74) is 3.22. The van der Waals surface area contributed by atoms with Crippen LogP contribution < -0.4 is 14.9 Å². The zero-order valence-corrected chi connectivity index (χ0v) is 14.2. The van der Waals surface area contributed by atoms with Crippen molar-refractivity contribution in [3.63, 3.8) is 0 Å². The Balaban J connectivity index is 1.83. The molecule has 0 spiro atoms. The topological polar surface area (TPSA) is 59.9 Å². The Bertz CT molecular complexity index is 672. The number of carbonyl (C=O) groups is 1. The second kappa shape index (κ2) is 8.95. The van der Waals surface area contributed by atoms with Crippen LogP contribution in [0, 0.1) is 0 Å². The average Bonchev–Trinajstić information content (AvgIpc) is 2.56. The quantitative estimate of drug-likeness (QED) is 0.595. The minimum Gasteiger partial charge on any atom is -0.493 e. The second-order valence-electron chi connectivity index (χ2n) is 4.51. The van der Waals surface area contributed by atoms with Gasteiger partial charge in [-0.1, -0.05) is 28.1 Å². The predicted molar refractivity (Wildman–Crippen MR) is 93.0 cm³/mol. The minimum absolute atomic E-state index is 0.105. The molecule has 2 aromatic carbocycles. The van der Waals surface area contributed by atoms with Crippen LogP contribution in [0.3, 0.4) is 0 Å². The van der Waals surface area contributed by atoms with Crippen LogP contribution in [0.2, 0.25) is 0 Å². The molecule has 5 nitrogen and oxygen atoms in total. The highest BCUT2D eigenvalue weighted by Crippen LogP contribution is 2.16. The van der Waals surface area contributed by atoms with Gasteiger partial charge in [0.15, 0.2) is 6.61 Å². The third-order valence-electron chi connectivity index (χ3n) is 2.80. The van der Waals surface area contributed by atoms with Gasteiger partial charge < -0.3 is 9.47 Å². The molecule has 0 saturated carbocycles. The van der Waals surface area contributed by atoms with Crippen LogP contribution in [-0.2, 0) is 4.79 Å². The largest absolute Gasteiger partial charge is 0.493 e. The van der Waals surface area contributed by atoms with Crippen molar-refractivity contribution in [3.8, 4) is 11.5 Å². The molecule has 0 bridgehead atoms. The number of hydrazone groups is 1. The summed E-state index contributed by atoms with van der Waals surface area (Å²) in [5, 5.41) is 3.92. The Kier molecular flexibility index (Phi) is 6.62. The number of hydrogen-bond acceptors (Lipinski definition) is 4. The van der Waals surface area contributed by atoms with Gasteiger partial charge in [-0.3, -0.25) is 4.79 Å². The molecule has 0 atom stereocenters. The molecule has 0 heterocycles. The molecule has 0 aliphatic carbocycles. The van der Waals surface area contributed by atoms with Gasteiger partial charge in [0.05, 0.1) is 12.8 Å². The van der Waals surface area contributed by atoms with Crippen LogP contribution in [0.1, 0.15) is 12.5 Å². The third kappa shape index (κ3) is 5.75. The first kappa shape index (κ1) is 17.0. The smallest absolute Gasteiger partial charge is 0.277 e. The van der Waals surface area contributed by atoms with E-state index in [9.17, 15) is 4.79 Å². The number of nitrogens with one attached hydrogen (secondary N) is 1. The summed E-state index contributed by atoms with van der Waals surface area (Å²) in [6.45, 7) is 2.37. The fourth-order valence-corrected chi connectivity index (χ4v) is 2.02. The average molecular weight is 377 g/mol. The summed E-state index contributed by atoms with van der Waals surface area (Å²) in [7, 11) is 0. The Morgan fingerprint density at radius 2 is 1.91 bits per heavy atom. The fraction of sp³-hybridized carbons (Fsp3) is 0.176. The normalized spacial score (nSPS) is 10.5. The Morgan fingerprint density at radius 1 is 1.17 bits per heavy atom. The lowest BCUT2D eigenvalue weighted by molar-refractivity contribution is -0.123. The lowest BCUT2D eigenvalue weighted by Crippen LogP contribution is -2.24. The van der Waals surface area contributed by atoms with Crippen LogP contribution in [0.15, 0.2) is 58.1 Å². The number of benzene rings is 2. The number of hydrogen-bond donors (Lipinski definition) is 1. The molecule has 120 valence electrons. The van der Waals surface area contributed by atoms with Gasteiger partial charge >= 0.3 is 0 Å². The molecule has 0 saturated heterocycles. The summed E-state index contributed by atoms with van der Waals surface area (Å²) < 4.78 is 11.8. The molecule has 0 aromatic heterocycles. The highest BCUT2D eigenvalue weighted by molar-refractivity contribution is 9.10. The number of para-hydroxylation sites is 1. The summed E-state index contributed by atoms with van der Waals surface area (Å²) in [6.07, 6.45) is 1.54. The highest BCUT2D eigenvalue weighted by atomic mass is 79.9. The van der Waals surface area contributed by atoms with E-state index in [1.165, 1.54) is 0 Å². The van der Waals surface area contributed by atoms with Crippen molar-refractivity contribution < 1.29 is 14.3 Å². The van der Waals surface area contributed by atoms with Gasteiger partial charge in [-0.15, -0.1) is 0 Å². The number of nitrogens with zero attached hydrogens (tertiary/aromatic N) is 1. The van der Waals surface area contributed by atoms with Crippen molar-refractivity contribution >= 4 is 28.1 Å². The van der Waals surface area contributed by atoms with E-state index < -0.39 is 0 Å². The van der Waals surface area contributed by atoms with E-state index >= 15 is 0 Å². The molecule has 6 heteroatoms. The van der Waals surface area contributed by atoms with Gasteiger partial charge in [0.1, 0.15) is 11.5 Å². The second-order valence-corrected chi connectivity index (χ2v) is 5.42. The molecule has 1 amide bonds. The Hall–Kier alpha value is -2.34. The minimum atomic E-state index is -0.335. The summed E-state index contributed by atoms with van der Waals surface area (Å²) in [6, 6.07) is 14.7. The first-order valence-corrected chi connectivity index (χ1v) is 7.90. The third-order valence-corrected chi connectivity index (χ3v) is 3.32. The molecular formula is C17H17BrN2O3. The number of halogens is 1. The Labute approximate surface area is 143 Å². The Morgan fingerprint density at radius 3 is 2.65 bits per heavy atom. The van der Waals surface area contributed by atoms with E-state index in [1.54, 1.807) is 18.3 Å². The van der Waals surface area contributed by atoms with Crippen molar-refractivity contribution in [2.75, 3.05) is 13.2 Å². The van der Waals surface area contributed by atoms with Crippen molar-refractivity contribution in [1.82, 2.24) is 5.43 Å². The first-order chi connectivity index (χ1) is 11.2. The highest BCUT2D eigenvalue weighted by Gasteiger charge is 2.02. The van der Waals surface area contributed by atoms with E-state index in [0.29, 0.717) is 12.4 Å². The van der Waals surface area contributed by atoms with E-state index in [1.807, 2.05) is 43.3 Å². The fourth-order valence-electron chi connectivity index (χ4n) is 1.76. The van der Waals surface area contributed by atoms with Crippen molar-refractivity contribution in [2.24, 2.45) is 5.10 Å². The van der Waals surface area contributed by atoms with Crippen molar-refractivity contribution in [3.05, 3.63) is 58.6 Å². The summed E-state index contributed by atoms with van der Waals surface area (Å²) >= 11 is 3.33. The summed E-state index contributed by atoms with van der Waals surface area (Å²) in [4.78, 5) is 11.7. The summed E-state index contributed by atoms with van der Waals surface area (Å²) in [5.74, 6) is 1.01. The lowest BCUT2D eigenvalue weighted by Gasteiger charge is -2.06. The monoisotopic (exact) mass is 376 g/mol. The molecule has 2 rings (SSSR count). The molecular weight excluding hydrogens is 360 g/mol. The maximum Gasteiger partial charge on any atom is 0.277 e. The first-order valence-electron chi connectivity index (χ1n) is 7.11. The van der Waals surface area contributed by atoms with Gasteiger partial charge in [0, 0.05) is 10.0 Å². The van der Waals surface area contributed by atoms with Crippen LogP contribution in [-0.4, -0.2) is 25.3 Å². The lowest BCUT2D eigenvalue weighted by atomic mass is 10.2. The molecule has 0 aliphatic rings. The zero-order valence-electron chi connectivity index (χ0n) is 12.7. The van der Waals surface area contributed by atoms with Gasteiger partial charge in [0.25, 0.3) is 5.91 Å². The molecule has 0 radical (unpaired) electrons. The molecule has 0 fully saturated rings. The molecule has 0 aliphatic heterocycles. The molecule has 2 aromatic rings. The van der Waals surface area contributed by atoms with Gasteiger partial charge in [-0.25, -0.2) is 5.43 Å². The molecule has 0 unspecified atom stereocenters. The van der Waals surface area contributed by atoms with E-state index in [0.717, 1.165) is 15.8 Å². The van der Waals surface area contributed by atoms with Gasteiger partial charge in [0.2, 0.25) is 0 Å². The van der Waals surface area contributed by atoms with E-state index in [4.69, 9.17) is 9.47 Å². The van der Waals surface area contributed by atoms with E-state index in [-0.39, 0.29) is 12.5 Å². The maximum absolute atomic E-state index is 11.7. The molecule has 23 heavy (non-hydrogen) atoms. The van der Waals surface area contributed by atoms with Crippen LogP contribution in [0.25, 0.3) is 0 Å². The maximum atomic E-state index is 11.7. The SMILES string of the molecule is CCOc1ccccc1/C=N/NC(=O)COc1ccc(Br)cc1. The number of ether oxygens (including phenoxy) is 2. The van der Waals surface area contributed by atoms with Crippen molar-refractivity contribution in [2.45, 2.75) is 6.92 Å². The van der Waals surface area contributed by atoms with Crippen LogP contribution in [0.5, 0.6) is 11.5 Å². The van der Waals surface area contributed by atoms with Crippen LogP contribution >= 0.6 is 15.9 Å². The zero-order chi connectivity index (χ0) is 16.5. The van der Waals surface area contributed by atoms with E-state index in [2.05, 4.69) is 26.5 Å². The molecule has 1 N–H and O–H groups in total. The standard InChI is InChI=1S/C17H17BrN2O3/c1-2-22-16-6-4-3-5-13(16)11-19-20-17(21)12-23-15-9-7-14(18)8-10-15/h3-11H,2,12H2,1H3,(H,20,21)/b19-11+. The number of amides is 1. The van der Waals surface area contributed by atoms with Crippen molar-refractivity contribution in [1.29, 1.82) is 0 Å². The number of rotatable bonds is 7. The number of carbonyl (C=O) groups excluding carboxylic acids is 1. The van der Waals surface area contributed by atoms with Crippen LogP contribution in [0.4, 0.5) is 0 Å². The van der Waals surface area contributed by atoms with Gasteiger partial charge in [-0.05, 0) is 43.3 Å². The van der Waals surface area contributed by atoms with Gasteiger partial charge in [-0.2, -0.15) is 5.10 Å². The predicted octanol–water partition coefficient (Wildman–Crippen LogP) is 3.38.